The van der Waals surface area contributed by atoms with Gasteiger partial charge in [-0.2, -0.15) is 0 Å². The lowest BCUT2D eigenvalue weighted by Crippen LogP contribution is -2.70. The highest BCUT2D eigenvalue weighted by molar-refractivity contribution is 5.77. The molecular formula is C82H154N2O21. The highest BCUT2D eigenvalue weighted by atomic mass is 16.8. The van der Waals surface area contributed by atoms with Crippen molar-refractivity contribution in [2.45, 2.75) is 464 Å². The van der Waals surface area contributed by atoms with Gasteiger partial charge in [0.1, 0.15) is 67.1 Å². The number of allylic oxidation sites excluding steroid dienone is 1. The topological polar surface area (TPSA) is 373 Å². The monoisotopic (exact) mass is 1500 g/mol. The van der Waals surface area contributed by atoms with Crippen LogP contribution in [-0.2, 0) is 42.8 Å². The molecule has 0 radical (unpaired) electrons. The molecule has 3 aliphatic heterocycles. The summed E-state index contributed by atoms with van der Waals surface area (Å²) in [4.78, 5) is 38.6. The molecule has 3 saturated heterocycles. The molecule has 3 heterocycles. The maximum atomic E-state index is 13.5. The molecule has 23 nitrogen and oxygen atoms in total. The summed E-state index contributed by atoms with van der Waals surface area (Å²) >= 11 is 0. The van der Waals surface area contributed by atoms with Crippen molar-refractivity contribution in [3.8, 4) is 0 Å². The predicted octanol–water partition coefficient (Wildman–Crippen LogP) is 12.1. The van der Waals surface area contributed by atoms with Gasteiger partial charge in [-0.1, -0.05) is 328 Å². The van der Waals surface area contributed by atoms with Gasteiger partial charge in [0.2, 0.25) is 11.8 Å². The van der Waals surface area contributed by atoms with Crippen LogP contribution >= 0.6 is 0 Å². The van der Waals surface area contributed by atoms with Gasteiger partial charge >= 0.3 is 5.97 Å². The van der Waals surface area contributed by atoms with E-state index in [4.69, 9.17) is 28.4 Å². The lowest BCUT2D eigenvalue weighted by molar-refractivity contribution is -0.386. The summed E-state index contributed by atoms with van der Waals surface area (Å²) in [5.74, 6) is -6.13. The average molecular weight is 1500 g/mol. The largest absolute Gasteiger partial charge is 0.477 e. The van der Waals surface area contributed by atoms with Crippen molar-refractivity contribution < 1.29 is 104 Å². The molecule has 0 bridgehead atoms. The van der Waals surface area contributed by atoms with E-state index in [9.17, 15) is 75.7 Å². The summed E-state index contributed by atoms with van der Waals surface area (Å²) in [5, 5.41) is 136. The summed E-state index contributed by atoms with van der Waals surface area (Å²) in [5.41, 5.74) is 0. The number of aliphatic carboxylic acids is 1. The van der Waals surface area contributed by atoms with E-state index in [1.807, 2.05) is 6.08 Å². The van der Waals surface area contributed by atoms with E-state index in [2.05, 4.69) is 24.5 Å². The molecule has 23 heteroatoms. The second-order valence-electron chi connectivity index (χ2n) is 31.1. The Morgan fingerprint density at radius 2 is 0.886 bits per heavy atom. The van der Waals surface area contributed by atoms with Gasteiger partial charge in [0.15, 0.2) is 12.6 Å². The normalized spacial score (nSPS) is 26.2. The van der Waals surface area contributed by atoms with Crippen LogP contribution in [0.2, 0.25) is 0 Å². The molecule has 0 spiro atoms. The Hall–Kier alpha value is -2.53. The Balaban J connectivity index is 1.37. The lowest BCUT2D eigenvalue weighted by atomic mass is 9.88. The zero-order valence-electron chi connectivity index (χ0n) is 65.6. The molecule has 18 atom stereocenters. The van der Waals surface area contributed by atoms with E-state index in [1.54, 1.807) is 6.08 Å². The zero-order chi connectivity index (χ0) is 76.7. The van der Waals surface area contributed by atoms with Gasteiger partial charge in [0, 0.05) is 19.8 Å². The average Bonchev–Trinajstić information content (AvgIpc) is 0.755. The van der Waals surface area contributed by atoms with Crippen molar-refractivity contribution in [3.05, 3.63) is 12.2 Å². The Bertz CT molecular complexity index is 2140. The number of aliphatic hydroxyl groups excluding tert-OH is 11. The quantitative estimate of drug-likeness (QED) is 0.0199. The summed E-state index contributed by atoms with van der Waals surface area (Å²) in [6.45, 7) is 2.16. The fourth-order valence-electron chi connectivity index (χ4n) is 15.0. The third-order valence-corrected chi connectivity index (χ3v) is 21.7. The molecule has 618 valence electrons. The van der Waals surface area contributed by atoms with E-state index < -0.39 is 155 Å². The minimum Gasteiger partial charge on any atom is -0.477 e. The third kappa shape index (κ3) is 41.0. The van der Waals surface area contributed by atoms with Gasteiger partial charge in [0.05, 0.1) is 50.7 Å². The first-order valence-corrected chi connectivity index (χ1v) is 42.6. The number of ether oxygens (including phenoxy) is 6. The Kier molecular flexibility index (Phi) is 56.3. The van der Waals surface area contributed by atoms with Gasteiger partial charge in [-0.15, -0.1) is 0 Å². The maximum Gasteiger partial charge on any atom is 0.364 e. The Morgan fingerprint density at radius 1 is 0.495 bits per heavy atom. The summed E-state index contributed by atoms with van der Waals surface area (Å²) in [6.07, 6.45) is 38.9. The number of amides is 2. The summed E-state index contributed by atoms with van der Waals surface area (Å²) < 4.78 is 34.9. The van der Waals surface area contributed by atoms with Gasteiger partial charge in [-0.25, -0.2) is 4.79 Å². The number of carbonyl (C=O) groups excluding carboxylic acids is 2. The molecule has 18 unspecified atom stereocenters. The molecule has 3 rings (SSSR count). The van der Waals surface area contributed by atoms with Crippen LogP contribution in [0.25, 0.3) is 0 Å². The van der Waals surface area contributed by atoms with Crippen molar-refractivity contribution in [2.75, 3.05) is 26.4 Å². The number of rotatable bonds is 68. The standard InChI is InChI=1S/C82H154N2O21/c1-4-6-8-10-12-14-16-18-19-20-21-22-23-24-25-26-27-28-29-30-31-32-33-34-35-36-37-38-39-40-41-42-43-44-46-48-50-52-54-56-69(92)84-63(64(89)55-53-51-49-47-45-17-15-13-11-9-7-5-2)61-100-79-74(96)73(95)76(68(60-87)102-79)103-80-75(97)78(72(94)67(59-86)101-80)105-82(81(98)99)57-65(90)70(83-62(3)88)77(104-82)71(93)66(91)58-85/h53,55,63-68,70-80,85-87,89-91,93-97H,4-52,54,56-61H2,1-3H3,(H,83,88)(H,84,92)(H,98,99)/b55-53+. The molecule has 0 aliphatic carbocycles. The number of carboxylic acids is 1. The predicted molar refractivity (Wildman–Crippen MR) is 408 cm³/mol. The molecule has 0 aromatic carbocycles. The third-order valence-electron chi connectivity index (χ3n) is 21.7. The zero-order valence-corrected chi connectivity index (χ0v) is 65.6. The fourth-order valence-corrected chi connectivity index (χ4v) is 15.0. The first-order chi connectivity index (χ1) is 50.9. The highest BCUT2D eigenvalue weighted by Crippen LogP contribution is 2.39. The van der Waals surface area contributed by atoms with Crippen molar-refractivity contribution in [2.24, 2.45) is 0 Å². The number of aliphatic hydroxyl groups is 11. The lowest BCUT2D eigenvalue weighted by Gasteiger charge is -2.50. The molecule has 2 amide bonds. The molecule has 3 fully saturated rings. The summed E-state index contributed by atoms with van der Waals surface area (Å²) in [7, 11) is 0. The first kappa shape index (κ1) is 96.7. The van der Waals surface area contributed by atoms with Crippen molar-refractivity contribution in [1.82, 2.24) is 10.6 Å². The van der Waals surface area contributed by atoms with Gasteiger partial charge in [0.25, 0.3) is 5.79 Å². The van der Waals surface area contributed by atoms with E-state index in [-0.39, 0.29) is 12.3 Å². The van der Waals surface area contributed by atoms with Crippen molar-refractivity contribution in [3.63, 3.8) is 0 Å². The van der Waals surface area contributed by atoms with Crippen LogP contribution in [0, 0.1) is 0 Å². The second kappa shape index (κ2) is 61.1. The Morgan fingerprint density at radius 3 is 1.27 bits per heavy atom. The first-order valence-electron chi connectivity index (χ1n) is 42.6. The molecule has 0 aromatic heterocycles. The molecule has 0 saturated carbocycles. The highest BCUT2D eigenvalue weighted by Gasteiger charge is 2.60. The number of hydrogen-bond donors (Lipinski definition) is 14. The van der Waals surface area contributed by atoms with Crippen LogP contribution in [0.3, 0.4) is 0 Å². The van der Waals surface area contributed by atoms with Crippen LogP contribution in [-0.4, -0.2) is 215 Å². The van der Waals surface area contributed by atoms with Crippen LogP contribution in [0.4, 0.5) is 0 Å². The number of hydrogen-bond acceptors (Lipinski definition) is 20. The van der Waals surface area contributed by atoms with Crippen LogP contribution < -0.4 is 10.6 Å². The van der Waals surface area contributed by atoms with Crippen LogP contribution in [0.15, 0.2) is 12.2 Å². The van der Waals surface area contributed by atoms with E-state index in [1.165, 1.54) is 263 Å². The molecule has 14 N–H and O–H groups in total. The van der Waals surface area contributed by atoms with E-state index in [0.29, 0.717) is 12.8 Å². The van der Waals surface area contributed by atoms with E-state index in [0.717, 1.165) is 51.9 Å². The van der Waals surface area contributed by atoms with Crippen molar-refractivity contribution >= 4 is 17.8 Å². The van der Waals surface area contributed by atoms with Gasteiger partial charge in [-0.05, 0) is 19.3 Å². The minimum absolute atomic E-state index is 0.205. The van der Waals surface area contributed by atoms with Crippen LogP contribution in [0.5, 0.6) is 0 Å². The fraction of sp³-hybridized carbons (Fsp3) is 0.939. The van der Waals surface area contributed by atoms with E-state index >= 15 is 0 Å². The SMILES string of the molecule is CCCCCCCCCCCC/C=C/C(O)C(COC1OC(CO)C(OC2OC(CO)C(O)C(OC3(C(=O)O)CC(O)C(NC(C)=O)C(C(O)C(O)CO)O3)C2O)C(O)C1O)NC(=O)CCCCCCCCCCCCCCCCCCCCCCCCCCCCCCCCCCCCCCCCC. The number of carbonyl (C=O) groups is 3. The molecule has 105 heavy (non-hydrogen) atoms. The maximum absolute atomic E-state index is 13.5. The number of carboxylic acid groups (broad SMARTS) is 1. The summed E-state index contributed by atoms with van der Waals surface area (Å²) in [6, 6.07) is -2.61. The molecule has 3 aliphatic rings. The molecular weight excluding hydrogens is 1350 g/mol. The van der Waals surface area contributed by atoms with Crippen molar-refractivity contribution in [1.29, 1.82) is 0 Å². The smallest absolute Gasteiger partial charge is 0.364 e. The molecule has 0 aromatic rings. The van der Waals surface area contributed by atoms with Crippen LogP contribution in [0.1, 0.15) is 355 Å². The number of nitrogens with one attached hydrogen (secondary N) is 2. The van der Waals surface area contributed by atoms with Gasteiger partial charge < -0.3 is 100 Å². The minimum atomic E-state index is -3.08. The number of unbranched alkanes of at least 4 members (excludes halogenated alkanes) is 48. The van der Waals surface area contributed by atoms with Gasteiger partial charge in [-0.3, -0.25) is 9.59 Å². The Labute approximate surface area is 632 Å². The second-order valence-corrected chi connectivity index (χ2v) is 31.1.